The zero-order chi connectivity index (χ0) is 10.2. The molecule has 0 spiro atoms. The molecule has 0 fully saturated rings. The first-order valence-electron chi connectivity index (χ1n) is 3.85. The minimum absolute atomic E-state index is 0.625. The van der Waals surface area contributed by atoms with Gasteiger partial charge in [-0.2, -0.15) is 15.8 Å². The molecule has 0 aromatic heterocycles. The van der Waals surface area contributed by atoms with Gasteiger partial charge in [0.25, 0.3) is 0 Å². The minimum atomic E-state index is 0.625. The highest BCUT2D eigenvalue weighted by molar-refractivity contribution is 4.62. The molecule has 0 unspecified atom stereocenters. The molecule has 0 aliphatic heterocycles. The Labute approximate surface area is 74.8 Å². The van der Waals surface area contributed by atoms with Crippen molar-refractivity contribution < 1.29 is 0 Å². The van der Waals surface area contributed by atoms with E-state index in [4.69, 9.17) is 15.8 Å². The Hall–Kier alpha value is -1.53. The molecule has 0 aromatic carbocycles. The van der Waals surface area contributed by atoms with Crippen LogP contribution in [0.15, 0.2) is 0 Å². The van der Waals surface area contributed by atoms with Crippen LogP contribution in [0.1, 0.15) is 40.0 Å². The van der Waals surface area contributed by atoms with E-state index in [9.17, 15) is 0 Å². The second-order valence-electron chi connectivity index (χ2n) is 1.54. The molecular weight excluding hydrogens is 150 g/mol. The van der Waals surface area contributed by atoms with Crippen LogP contribution in [0.5, 0.6) is 0 Å². The van der Waals surface area contributed by atoms with Gasteiger partial charge in [-0.05, 0) is 0 Å². The van der Waals surface area contributed by atoms with Crippen molar-refractivity contribution >= 4 is 0 Å². The zero-order valence-electron chi connectivity index (χ0n) is 7.96. The van der Waals surface area contributed by atoms with Crippen LogP contribution in [0, 0.1) is 34.0 Å². The first kappa shape index (κ1) is 16.8. The van der Waals surface area contributed by atoms with Crippen molar-refractivity contribution in [3.63, 3.8) is 0 Å². The summed E-state index contributed by atoms with van der Waals surface area (Å²) in [5.41, 5.74) is 0. The molecule has 0 aliphatic rings. The van der Waals surface area contributed by atoms with E-state index >= 15 is 0 Å². The van der Waals surface area contributed by atoms with Gasteiger partial charge in [-0.15, -0.1) is 0 Å². The lowest BCUT2D eigenvalue weighted by atomic mass is 10.6. The van der Waals surface area contributed by atoms with Gasteiger partial charge in [-0.3, -0.25) is 0 Å². The molecule has 0 atom stereocenters. The van der Waals surface area contributed by atoms with Crippen LogP contribution < -0.4 is 0 Å². The van der Waals surface area contributed by atoms with Gasteiger partial charge in [-0.25, -0.2) is 0 Å². The van der Waals surface area contributed by atoms with Gasteiger partial charge in [0.2, 0.25) is 0 Å². The van der Waals surface area contributed by atoms with E-state index in [1.165, 1.54) is 0 Å². The lowest BCUT2D eigenvalue weighted by Gasteiger charge is -1.47. The van der Waals surface area contributed by atoms with Gasteiger partial charge < -0.3 is 0 Å². The number of nitriles is 3. The third-order valence-corrected chi connectivity index (χ3v) is 0.474. The SMILES string of the molecule is CCC#N.CCC#N.CCC#N. The fourth-order valence-corrected chi connectivity index (χ4v) is 0. The standard InChI is InChI=1S/3C3H5N/c3*1-2-3-4/h3*2H2,1H3. The summed E-state index contributed by atoms with van der Waals surface area (Å²) < 4.78 is 0. The van der Waals surface area contributed by atoms with E-state index in [1.807, 2.05) is 39.0 Å². The molecule has 0 radical (unpaired) electrons. The van der Waals surface area contributed by atoms with Crippen LogP contribution in [0.2, 0.25) is 0 Å². The maximum atomic E-state index is 7.62. The van der Waals surface area contributed by atoms with Gasteiger partial charge in [-0.1, -0.05) is 20.8 Å². The molecule has 12 heavy (non-hydrogen) atoms. The maximum Gasteiger partial charge on any atom is 0.0618 e. The first-order chi connectivity index (χ1) is 5.74. The fraction of sp³-hybridized carbons (Fsp3) is 0.667. The third kappa shape index (κ3) is 219. The monoisotopic (exact) mass is 165 g/mol. The summed E-state index contributed by atoms with van der Waals surface area (Å²) >= 11 is 0. The molecule has 0 saturated heterocycles. The summed E-state index contributed by atoms with van der Waals surface area (Å²) in [7, 11) is 0. The molecule has 3 heteroatoms. The van der Waals surface area contributed by atoms with E-state index < -0.39 is 0 Å². The third-order valence-electron chi connectivity index (χ3n) is 0.474. The molecule has 0 heterocycles. The lowest BCUT2D eigenvalue weighted by Crippen LogP contribution is -1.38. The van der Waals surface area contributed by atoms with Crippen LogP contribution in [0.4, 0.5) is 0 Å². The van der Waals surface area contributed by atoms with Crippen LogP contribution in [0.25, 0.3) is 0 Å². The molecule has 0 N–H and O–H groups in total. The van der Waals surface area contributed by atoms with Crippen molar-refractivity contribution in [2.45, 2.75) is 40.0 Å². The van der Waals surface area contributed by atoms with Gasteiger partial charge in [0.05, 0.1) is 18.2 Å². The van der Waals surface area contributed by atoms with Crippen molar-refractivity contribution in [3.8, 4) is 18.2 Å². The van der Waals surface area contributed by atoms with E-state index in [2.05, 4.69) is 0 Å². The Bertz CT molecular complexity index is 132. The summed E-state index contributed by atoms with van der Waals surface area (Å²) in [6.07, 6.45) is 1.88. The number of rotatable bonds is 0. The molecule has 0 amide bonds. The average Bonchev–Trinajstić information content (AvgIpc) is 2.18. The highest BCUT2D eigenvalue weighted by Gasteiger charge is 1.50. The van der Waals surface area contributed by atoms with Crippen LogP contribution in [0.3, 0.4) is 0 Å². The number of hydrogen-bond acceptors (Lipinski definition) is 3. The van der Waals surface area contributed by atoms with E-state index in [0.29, 0.717) is 19.3 Å². The topological polar surface area (TPSA) is 71.4 Å². The van der Waals surface area contributed by atoms with Crippen LogP contribution in [-0.4, -0.2) is 0 Å². The molecule has 66 valence electrons. The Morgan fingerprint density at radius 2 is 0.750 bits per heavy atom. The Morgan fingerprint density at radius 1 is 0.667 bits per heavy atom. The summed E-state index contributed by atoms with van der Waals surface area (Å²) in [6, 6.07) is 5.79. The van der Waals surface area contributed by atoms with E-state index in [-0.39, 0.29) is 0 Å². The van der Waals surface area contributed by atoms with Gasteiger partial charge in [0.1, 0.15) is 0 Å². The van der Waals surface area contributed by atoms with Crippen molar-refractivity contribution in [3.05, 3.63) is 0 Å². The van der Waals surface area contributed by atoms with Crippen molar-refractivity contribution in [1.82, 2.24) is 0 Å². The molecule has 0 aliphatic carbocycles. The minimum Gasteiger partial charge on any atom is -0.198 e. The van der Waals surface area contributed by atoms with E-state index in [1.54, 1.807) is 0 Å². The number of hydrogen-bond donors (Lipinski definition) is 0. The second-order valence-corrected chi connectivity index (χ2v) is 1.54. The molecule has 0 rings (SSSR count). The first-order valence-corrected chi connectivity index (χ1v) is 3.85. The van der Waals surface area contributed by atoms with Crippen molar-refractivity contribution in [2.24, 2.45) is 0 Å². The maximum absolute atomic E-state index is 7.62. The average molecular weight is 165 g/mol. The Balaban J connectivity index is -0.000000101. The molecule has 0 bridgehead atoms. The Morgan fingerprint density at radius 3 is 0.750 bits per heavy atom. The normalized spacial score (nSPS) is 5.00. The predicted molar refractivity (Wildman–Crippen MR) is 47.7 cm³/mol. The molecular formula is C9H15N3. The molecule has 0 aromatic rings. The summed E-state index contributed by atoms with van der Waals surface area (Å²) in [6.45, 7) is 5.46. The lowest BCUT2D eigenvalue weighted by molar-refractivity contribution is 1.22. The quantitative estimate of drug-likeness (QED) is 0.554. The van der Waals surface area contributed by atoms with Crippen LogP contribution in [-0.2, 0) is 0 Å². The van der Waals surface area contributed by atoms with Gasteiger partial charge >= 0.3 is 0 Å². The highest BCUT2D eigenvalue weighted by Crippen LogP contribution is 1.58. The van der Waals surface area contributed by atoms with Gasteiger partial charge in [0, 0.05) is 19.3 Å². The predicted octanol–water partition coefficient (Wildman–Crippen LogP) is 2.76. The zero-order valence-corrected chi connectivity index (χ0v) is 7.96. The summed E-state index contributed by atoms with van der Waals surface area (Å²) in [4.78, 5) is 0. The number of nitrogens with zero attached hydrogens (tertiary/aromatic N) is 3. The van der Waals surface area contributed by atoms with Gasteiger partial charge in [0.15, 0.2) is 0 Å². The van der Waals surface area contributed by atoms with Crippen molar-refractivity contribution in [1.29, 1.82) is 15.8 Å². The van der Waals surface area contributed by atoms with Crippen molar-refractivity contribution in [2.75, 3.05) is 0 Å². The highest BCUT2D eigenvalue weighted by atomic mass is 14.2. The summed E-state index contributed by atoms with van der Waals surface area (Å²) in [5.74, 6) is 0. The molecule has 0 saturated carbocycles. The molecule has 3 nitrogen and oxygen atoms in total. The second kappa shape index (κ2) is 34.0. The summed E-state index contributed by atoms with van der Waals surface area (Å²) in [5, 5.41) is 22.9. The fourth-order valence-electron chi connectivity index (χ4n) is 0. The Kier molecular flexibility index (Phi) is 47.7. The van der Waals surface area contributed by atoms with E-state index in [0.717, 1.165) is 0 Å². The van der Waals surface area contributed by atoms with Crippen LogP contribution >= 0.6 is 0 Å². The largest absolute Gasteiger partial charge is 0.198 e. The smallest absolute Gasteiger partial charge is 0.0618 e.